The van der Waals surface area contributed by atoms with Crippen molar-refractivity contribution in [1.82, 2.24) is 9.71 Å². The highest BCUT2D eigenvalue weighted by Gasteiger charge is 2.23. The largest absolute Gasteiger partial charge is 0.492 e. The number of nitrogens with zero attached hydrogens (tertiary/aromatic N) is 1. The van der Waals surface area contributed by atoms with Crippen molar-refractivity contribution in [3.05, 3.63) is 59.9 Å². The predicted molar refractivity (Wildman–Crippen MR) is 95.4 cm³/mol. The molecule has 0 aliphatic heterocycles. The molecule has 130 valence electrons. The van der Waals surface area contributed by atoms with E-state index < -0.39 is 10.0 Å². The summed E-state index contributed by atoms with van der Waals surface area (Å²) >= 11 is 0. The molecule has 0 saturated carbocycles. The summed E-state index contributed by atoms with van der Waals surface area (Å²) in [6.07, 6.45) is 1.67. The van der Waals surface area contributed by atoms with Gasteiger partial charge in [0.2, 0.25) is 10.0 Å². The standard InChI is InChI=1S/C18H24N2O3S/c1-14(2)18(17-6-4-5-11-19-17)20-24(21,22)13-12-23-16-9-7-15(3)8-10-16/h4-11,14,18,20H,12-13H2,1-3H3. The molecular weight excluding hydrogens is 324 g/mol. The van der Waals surface area contributed by atoms with Crippen molar-refractivity contribution >= 4 is 10.0 Å². The lowest BCUT2D eigenvalue weighted by Gasteiger charge is -2.21. The zero-order chi connectivity index (χ0) is 17.6. The van der Waals surface area contributed by atoms with Gasteiger partial charge in [-0.15, -0.1) is 0 Å². The summed E-state index contributed by atoms with van der Waals surface area (Å²) in [4.78, 5) is 4.26. The SMILES string of the molecule is Cc1ccc(OCCS(=O)(=O)NC(c2ccccn2)C(C)C)cc1. The number of pyridine rings is 1. The molecule has 0 amide bonds. The van der Waals surface area contributed by atoms with Gasteiger partial charge in [0.1, 0.15) is 12.4 Å². The van der Waals surface area contributed by atoms with Gasteiger partial charge in [0.05, 0.1) is 17.5 Å². The van der Waals surface area contributed by atoms with Gasteiger partial charge in [0.15, 0.2) is 0 Å². The van der Waals surface area contributed by atoms with Crippen LogP contribution in [-0.4, -0.2) is 25.8 Å². The normalized spacial score (nSPS) is 13.0. The Kier molecular flexibility index (Phi) is 6.34. The number of nitrogens with one attached hydrogen (secondary N) is 1. The quantitative estimate of drug-likeness (QED) is 0.796. The van der Waals surface area contributed by atoms with Crippen LogP contribution in [0.1, 0.15) is 31.1 Å². The summed E-state index contributed by atoms with van der Waals surface area (Å²) in [5.74, 6) is 0.658. The van der Waals surface area contributed by atoms with Crippen molar-refractivity contribution in [2.24, 2.45) is 5.92 Å². The van der Waals surface area contributed by atoms with E-state index in [9.17, 15) is 8.42 Å². The smallest absolute Gasteiger partial charge is 0.215 e. The number of hydrogen-bond donors (Lipinski definition) is 1. The third kappa shape index (κ3) is 5.62. The molecule has 1 aromatic carbocycles. The summed E-state index contributed by atoms with van der Waals surface area (Å²) < 4.78 is 32.9. The first-order chi connectivity index (χ1) is 11.4. The molecular formula is C18H24N2O3S. The number of ether oxygens (including phenoxy) is 1. The van der Waals surface area contributed by atoms with Crippen LogP contribution in [0.3, 0.4) is 0 Å². The Labute approximate surface area is 144 Å². The molecule has 2 rings (SSSR count). The topological polar surface area (TPSA) is 68.3 Å². The molecule has 1 heterocycles. The monoisotopic (exact) mass is 348 g/mol. The molecule has 2 aromatic rings. The lowest BCUT2D eigenvalue weighted by atomic mass is 10.0. The number of rotatable bonds is 8. The minimum absolute atomic E-state index is 0.0905. The molecule has 1 aromatic heterocycles. The fourth-order valence-electron chi connectivity index (χ4n) is 2.25. The van der Waals surface area contributed by atoms with E-state index in [0.29, 0.717) is 5.75 Å². The molecule has 1 unspecified atom stereocenters. The molecule has 0 bridgehead atoms. The fraction of sp³-hybridized carbons (Fsp3) is 0.389. The highest BCUT2D eigenvalue weighted by Crippen LogP contribution is 2.20. The lowest BCUT2D eigenvalue weighted by Crippen LogP contribution is -2.35. The van der Waals surface area contributed by atoms with Crippen molar-refractivity contribution in [2.75, 3.05) is 12.4 Å². The molecule has 0 aliphatic rings. The number of benzene rings is 1. The van der Waals surface area contributed by atoms with Gasteiger partial charge in [-0.2, -0.15) is 0 Å². The summed E-state index contributed by atoms with van der Waals surface area (Å²) in [5.41, 5.74) is 1.85. The van der Waals surface area contributed by atoms with Crippen LogP contribution in [0.4, 0.5) is 0 Å². The maximum atomic E-state index is 12.3. The first kappa shape index (κ1) is 18.4. The van der Waals surface area contributed by atoms with Crippen molar-refractivity contribution < 1.29 is 13.2 Å². The molecule has 0 aliphatic carbocycles. The zero-order valence-corrected chi connectivity index (χ0v) is 15.1. The zero-order valence-electron chi connectivity index (χ0n) is 14.3. The van der Waals surface area contributed by atoms with E-state index in [4.69, 9.17) is 4.74 Å². The second-order valence-corrected chi connectivity index (χ2v) is 7.95. The second kappa shape index (κ2) is 8.26. The third-order valence-electron chi connectivity index (χ3n) is 3.62. The second-order valence-electron chi connectivity index (χ2n) is 6.07. The molecule has 0 radical (unpaired) electrons. The summed E-state index contributed by atoms with van der Waals surface area (Å²) in [7, 11) is -3.47. The number of aryl methyl sites for hydroxylation is 1. The van der Waals surface area contributed by atoms with E-state index >= 15 is 0 Å². The summed E-state index contributed by atoms with van der Waals surface area (Å²) in [5, 5.41) is 0. The van der Waals surface area contributed by atoms with E-state index in [1.807, 2.05) is 63.2 Å². The molecule has 0 spiro atoms. The Morgan fingerprint density at radius 2 is 1.83 bits per heavy atom. The third-order valence-corrected chi connectivity index (χ3v) is 4.94. The average molecular weight is 348 g/mol. The van der Waals surface area contributed by atoms with E-state index in [-0.39, 0.29) is 24.3 Å². The van der Waals surface area contributed by atoms with Crippen LogP contribution in [-0.2, 0) is 10.0 Å². The first-order valence-electron chi connectivity index (χ1n) is 7.98. The molecule has 5 nitrogen and oxygen atoms in total. The average Bonchev–Trinajstić information content (AvgIpc) is 2.55. The van der Waals surface area contributed by atoms with Crippen LogP contribution >= 0.6 is 0 Å². The van der Waals surface area contributed by atoms with Crippen molar-refractivity contribution in [2.45, 2.75) is 26.8 Å². The Morgan fingerprint density at radius 1 is 1.12 bits per heavy atom. The molecule has 1 atom stereocenters. The minimum Gasteiger partial charge on any atom is -0.492 e. The van der Waals surface area contributed by atoms with Crippen molar-refractivity contribution in [3.8, 4) is 5.75 Å². The van der Waals surface area contributed by atoms with Gasteiger partial charge in [0, 0.05) is 6.20 Å². The molecule has 6 heteroatoms. The van der Waals surface area contributed by atoms with Gasteiger partial charge < -0.3 is 4.74 Å². The van der Waals surface area contributed by atoms with E-state index in [0.717, 1.165) is 11.3 Å². The van der Waals surface area contributed by atoms with Gasteiger partial charge in [-0.05, 0) is 37.1 Å². The van der Waals surface area contributed by atoms with Gasteiger partial charge in [-0.3, -0.25) is 4.98 Å². The van der Waals surface area contributed by atoms with E-state index in [2.05, 4.69) is 9.71 Å². The molecule has 0 fully saturated rings. The van der Waals surface area contributed by atoms with Gasteiger partial charge in [-0.1, -0.05) is 37.6 Å². The fourth-order valence-corrected chi connectivity index (χ4v) is 3.45. The van der Waals surface area contributed by atoms with Gasteiger partial charge in [0.25, 0.3) is 0 Å². The van der Waals surface area contributed by atoms with Crippen LogP contribution in [0, 0.1) is 12.8 Å². The van der Waals surface area contributed by atoms with Gasteiger partial charge in [-0.25, -0.2) is 13.1 Å². The van der Waals surface area contributed by atoms with Crippen LogP contribution in [0.2, 0.25) is 0 Å². The van der Waals surface area contributed by atoms with Crippen molar-refractivity contribution in [1.29, 1.82) is 0 Å². The van der Waals surface area contributed by atoms with Crippen LogP contribution < -0.4 is 9.46 Å². The molecule has 1 N–H and O–H groups in total. The van der Waals surface area contributed by atoms with Crippen LogP contribution in [0.5, 0.6) is 5.75 Å². The molecule has 0 saturated heterocycles. The number of hydrogen-bond acceptors (Lipinski definition) is 4. The van der Waals surface area contributed by atoms with E-state index in [1.54, 1.807) is 6.20 Å². The highest BCUT2D eigenvalue weighted by atomic mass is 32.2. The van der Waals surface area contributed by atoms with Gasteiger partial charge >= 0.3 is 0 Å². The lowest BCUT2D eigenvalue weighted by molar-refractivity contribution is 0.339. The Bertz CT molecular complexity index is 729. The van der Waals surface area contributed by atoms with Crippen LogP contribution in [0.15, 0.2) is 48.7 Å². The Hall–Kier alpha value is -1.92. The predicted octanol–water partition coefficient (Wildman–Crippen LogP) is 3.09. The Morgan fingerprint density at radius 3 is 2.42 bits per heavy atom. The minimum atomic E-state index is -3.47. The summed E-state index contributed by atoms with van der Waals surface area (Å²) in [6, 6.07) is 12.7. The number of sulfonamides is 1. The highest BCUT2D eigenvalue weighted by molar-refractivity contribution is 7.89. The van der Waals surface area contributed by atoms with Crippen molar-refractivity contribution in [3.63, 3.8) is 0 Å². The summed E-state index contributed by atoms with van der Waals surface area (Å²) in [6.45, 7) is 6.02. The molecule has 24 heavy (non-hydrogen) atoms. The number of aromatic nitrogens is 1. The first-order valence-corrected chi connectivity index (χ1v) is 9.63. The van der Waals surface area contributed by atoms with E-state index in [1.165, 1.54) is 0 Å². The van der Waals surface area contributed by atoms with Crippen LogP contribution in [0.25, 0.3) is 0 Å². The maximum absolute atomic E-state index is 12.3. The maximum Gasteiger partial charge on any atom is 0.215 e. The Balaban J connectivity index is 1.95.